The smallest absolute Gasteiger partial charge is 0.161 e. The van der Waals surface area contributed by atoms with Gasteiger partial charge in [0, 0.05) is 30.4 Å². The zero-order valence-electron chi connectivity index (χ0n) is 12.5. The second-order valence-corrected chi connectivity index (χ2v) is 5.59. The molecule has 1 saturated heterocycles. The first-order chi connectivity index (χ1) is 9.52. The van der Waals surface area contributed by atoms with Crippen LogP contribution < -0.4 is 4.90 Å². The maximum atomic E-state index is 13.4. The summed E-state index contributed by atoms with van der Waals surface area (Å²) in [7, 11) is 2.13. The van der Waals surface area contributed by atoms with E-state index >= 15 is 0 Å². The number of rotatable bonds is 3. The maximum Gasteiger partial charge on any atom is 0.161 e. The van der Waals surface area contributed by atoms with Gasteiger partial charge in [0.05, 0.1) is 0 Å². The summed E-state index contributed by atoms with van der Waals surface area (Å²) in [5, 5.41) is 0. The largest absolute Gasteiger partial charge is 0.367 e. The highest BCUT2D eigenvalue weighted by Gasteiger charge is 2.25. The van der Waals surface area contributed by atoms with E-state index in [1.807, 2.05) is 0 Å². The summed E-state index contributed by atoms with van der Waals surface area (Å²) in [6.45, 7) is 6.61. The number of Topliss-reactive ketones (excluding diaryl/α,β-unsaturated/α-hetero) is 1. The average molecular weight is 278 g/mol. The summed E-state index contributed by atoms with van der Waals surface area (Å²) in [5.41, 5.74) is 1.37. The monoisotopic (exact) mass is 278 g/mol. The molecule has 1 heterocycles. The highest BCUT2D eigenvalue weighted by atomic mass is 19.1. The second kappa shape index (κ2) is 6.35. The van der Waals surface area contributed by atoms with Crippen molar-refractivity contribution in [3.05, 3.63) is 29.6 Å². The lowest BCUT2D eigenvalue weighted by molar-refractivity contribution is 0.101. The van der Waals surface area contributed by atoms with Crippen LogP contribution >= 0.6 is 0 Å². The van der Waals surface area contributed by atoms with Crippen molar-refractivity contribution in [2.24, 2.45) is 0 Å². The van der Waals surface area contributed by atoms with Crippen molar-refractivity contribution in [3.8, 4) is 0 Å². The zero-order chi connectivity index (χ0) is 14.7. The van der Waals surface area contributed by atoms with E-state index in [1.165, 1.54) is 19.1 Å². The number of halogens is 1. The molecule has 110 valence electrons. The molecule has 0 radical (unpaired) electrons. The van der Waals surface area contributed by atoms with Crippen LogP contribution in [0.5, 0.6) is 0 Å². The number of anilines is 1. The van der Waals surface area contributed by atoms with Crippen LogP contribution in [0, 0.1) is 5.82 Å². The van der Waals surface area contributed by atoms with Gasteiger partial charge in [0.15, 0.2) is 5.78 Å². The summed E-state index contributed by atoms with van der Waals surface area (Å²) in [6, 6.07) is 4.92. The van der Waals surface area contributed by atoms with E-state index in [2.05, 4.69) is 23.8 Å². The number of benzene rings is 1. The molecule has 0 aromatic heterocycles. The minimum atomic E-state index is -0.348. The van der Waals surface area contributed by atoms with E-state index < -0.39 is 0 Å². The van der Waals surface area contributed by atoms with Crippen molar-refractivity contribution in [2.45, 2.75) is 32.7 Å². The molecule has 1 unspecified atom stereocenters. The topological polar surface area (TPSA) is 23.6 Å². The van der Waals surface area contributed by atoms with Crippen LogP contribution in [-0.4, -0.2) is 43.4 Å². The third-order valence-corrected chi connectivity index (χ3v) is 4.02. The Kier molecular flexibility index (Phi) is 4.76. The number of carbonyl (C=O) groups is 1. The molecule has 0 spiro atoms. The molecule has 1 aliphatic rings. The molecule has 0 saturated carbocycles. The minimum absolute atomic E-state index is 0.0769. The van der Waals surface area contributed by atoms with Gasteiger partial charge in [-0.1, -0.05) is 6.92 Å². The van der Waals surface area contributed by atoms with Gasteiger partial charge in [-0.3, -0.25) is 4.79 Å². The summed E-state index contributed by atoms with van der Waals surface area (Å²) in [6.07, 6.45) is 2.07. The Hall–Kier alpha value is -1.42. The lowest BCUT2D eigenvalue weighted by atomic mass is 10.1. The lowest BCUT2D eigenvalue weighted by Crippen LogP contribution is -2.40. The van der Waals surface area contributed by atoms with Crippen molar-refractivity contribution in [2.75, 3.05) is 31.6 Å². The van der Waals surface area contributed by atoms with E-state index in [4.69, 9.17) is 0 Å². The number of carbonyl (C=O) groups excluding carboxylic acids is 1. The number of likely N-dealkylation sites (N-methyl/N-ethyl adjacent to an activating group) is 1. The van der Waals surface area contributed by atoms with Gasteiger partial charge in [-0.05, 0) is 51.6 Å². The fourth-order valence-corrected chi connectivity index (χ4v) is 2.95. The molecular formula is C16H23FN2O. The van der Waals surface area contributed by atoms with Crippen LogP contribution in [0.3, 0.4) is 0 Å². The van der Waals surface area contributed by atoms with Gasteiger partial charge in [-0.15, -0.1) is 0 Å². The van der Waals surface area contributed by atoms with E-state index in [0.29, 0.717) is 11.6 Å². The van der Waals surface area contributed by atoms with E-state index in [0.717, 1.165) is 38.2 Å². The highest BCUT2D eigenvalue weighted by molar-refractivity contribution is 5.99. The Morgan fingerprint density at radius 3 is 2.80 bits per heavy atom. The van der Waals surface area contributed by atoms with Crippen LogP contribution in [0.2, 0.25) is 0 Å². The summed E-state index contributed by atoms with van der Waals surface area (Å²) in [5.74, 6) is -0.425. The Morgan fingerprint density at radius 2 is 2.15 bits per heavy atom. The molecule has 0 N–H and O–H groups in total. The van der Waals surface area contributed by atoms with Crippen molar-refractivity contribution in [1.29, 1.82) is 0 Å². The maximum absolute atomic E-state index is 13.4. The van der Waals surface area contributed by atoms with Gasteiger partial charge in [-0.25, -0.2) is 4.39 Å². The first-order valence-corrected chi connectivity index (χ1v) is 7.28. The predicted molar refractivity (Wildman–Crippen MR) is 79.9 cm³/mol. The molecule has 3 nitrogen and oxygen atoms in total. The number of ketones is 1. The molecule has 0 aliphatic carbocycles. The minimum Gasteiger partial charge on any atom is -0.367 e. The van der Waals surface area contributed by atoms with Crippen molar-refractivity contribution in [3.63, 3.8) is 0 Å². The van der Waals surface area contributed by atoms with Crippen LogP contribution in [0.4, 0.5) is 10.1 Å². The van der Waals surface area contributed by atoms with Gasteiger partial charge in [0.1, 0.15) is 5.82 Å². The summed E-state index contributed by atoms with van der Waals surface area (Å²) in [4.78, 5) is 16.4. The Balaban J connectivity index is 2.39. The molecule has 4 heteroatoms. The van der Waals surface area contributed by atoms with Crippen molar-refractivity contribution < 1.29 is 9.18 Å². The molecule has 1 aromatic rings. The normalized spacial score (nSPS) is 20.8. The number of hydrogen-bond donors (Lipinski definition) is 0. The molecule has 2 rings (SSSR count). The van der Waals surface area contributed by atoms with Gasteiger partial charge in [0.25, 0.3) is 0 Å². The molecule has 0 amide bonds. The third-order valence-electron chi connectivity index (χ3n) is 4.02. The molecule has 1 aliphatic heterocycles. The number of hydrogen-bond acceptors (Lipinski definition) is 3. The summed E-state index contributed by atoms with van der Waals surface area (Å²) >= 11 is 0. The van der Waals surface area contributed by atoms with E-state index in [9.17, 15) is 9.18 Å². The molecule has 1 aromatic carbocycles. The molecule has 0 bridgehead atoms. The fourth-order valence-electron chi connectivity index (χ4n) is 2.95. The Labute approximate surface area is 120 Å². The standard InChI is InChI=1S/C16H23FN2O/c1-4-14-11-18(3)8-5-9-19(14)16-7-6-13(17)10-15(16)12(2)20/h6-7,10,14H,4-5,8-9,11H2,1-3H3. The average Bonchev–Trinajstić information content (AvgIpc) is 2.60. The van der Waals surface area contributed by atoms with Gasteiger partial charge in [0.2, 0.25) is 0 Å². The van der Waals surface area contributed by atoms with Gasteiger partial charge >= 0.3 is 0 Å². The third kappa shape index (κ3) is 3.18. The van der Waals surface area contributed by atoms with E-state index in [1.54, 1.807) is 6.07 Å². The summed E-state index contributed by atoms with van der Waals surface area (Å²) < 4.78 is 13.4. The van der Waals surface area contributed by atoms with Gasteiger partial charge < -0.3 is 9.80 Å². The van der Waals surface area contributed by atoms with Crippen molar-refractivity contribution in [1.82, 2.24) is 4.90 Å². The predicted octanol–water partition coefficient (Wildman–Crippen LogP) is 2.95. The Bertz CT molecular complexity index is 489. The fraction of sp³-hybridized carbons (Fsp3) is 0.562. The number of nitrogens with zero attached hydrogens (tertiary/aromatic N) is 2. The van der Waals surface area contributed by atoms with Crippen LogP contribution in [0.25, 0.3) is 0 Å². The quantitative estimate of drug-likeness (QED) is 0.794. The van der Waals surface area contributed by atoms with E-state index in [-0.39, 0.29) is 11.6 Å². The molecular weight excluding hydrogens is 255 g/mol. The first-order valence-electron chi connectivity index (χ1n) is 7.28. The molecule has 1 atom stereocenters. The zero-order valence-corrected chi connectivity index (χ0v) is 12.5. The molecule has 1 fully saturated rings. The first kappa shape index (κ1) is 15.0. The van der Waals surface area contributed by atoms with Crippen LogP contribution in [0.1, 0.15) is 37.0 Å². The van der Waals surface area contributed by atoms with Gasteiger partial charge in [-0.2, -0.15) is 0 Å². The van der Waals surface area contributed by atoms with Crippen LogP contribution in [0.15, 0.2) is 18.2 Å². The lowest BCUT2D eigenvalue weighted by Gasteiger charge is -2.33. The van der Waals surface area contributed by atoms with Crippen LogP contribution in [-0.2, 0) is 0 Å². The SMILES string of the molecule is CCC1CN(C)CCCN1c1ccc(F)cc1C(C)=O. The highest BCUT2D eigenvalue weighted by Crippen LogP contribution is 2.27. The molecule has 20 heavy (non-hydrogen) atoms. The Morgan fingerprint density at radius 1 is 1.40 bits per heavy atom. The second-order valence-electron chi connectivity index (χ2n) is 5.59. The van der Waals surface area contributed by atoms with Crippen molar-refractivity contribution >= 4 is 11.5 Å².